The molecule has 3 N–H and O–H groups in total. The van der Waals surface area contributed by atoms with Gasteiger partial charge in [0, 0.05) is 16.2 Å². The maximum atomic E-state index is 7.46. The van der Waals surface area contributed by atoms with Crippen LogP contribution in [0.4, 0.5) is 5.82 Å². The van der Waals surface area contributed by atoms with Crippen molar-refractivity contribution in [1.82, 2.24) is 4.98 Å². The first-order chi connectivity index (χ1) is 5.65. The maximum absolute atomic E-state index is 7.46. The molecule has 0 saturated heterocycles. The minimum absolute atomic E-state index is 0.279. The molecule has 0 spiro atoms. The van der Waals surface area contributed by atoms with Gasteiger partial charge in [-0.2, -0.15) is 0 Å². The molecule has 1 aromatic heterocycles. The van der Waals surface area contributed by atoms with Crippen molar-refractivity contribution >= 4 is 27.5 Å². The van der Waals surface area contributed by atoms with Crippen molar-refractivity contribution in [1.29, 1.82) is 5.41 Å². The molecule has 0 unspecified atom stereocenters. The molecular formula is C8H8BrN3. The SMILES string of the molecule is C=CC(=N)c1cc(Br)cnc1N. The highest BCUT2D eigenvalue weighted by molar-refractivity contribution is 9.10. The molecule has 4 heteroatoms. The van der Waals surface area contributed by atoms with Crippen molar-refractivity contribution in [3.8, 4) is 0 Å². The fourth-order valence-corrected chi connectivity index (χ4v) is 1.11. The van der Waals surface area contributed by atoms with Gasteiger partial charge in [-0.3, -0.25) is 0 Å². The molecule has 1 heterocycles. The number of hydrogen-bond acceptors (Lipinski definition) is 3. The molecule has 1 aromatic rings. The summed E-state index contributed by atoms with van der Waals surface area (Å²) in [6, 6.07) is 1.74. The first-order valence-corrected chi connectivity index (χ1v) is 4.07. The van der Waals surface area contributed by atoms with Crippen LogP contribution in [0.5, 0.6) is 0 Å². The molecule has 1 rings (SSSR count). The number of nitrogen functional groups attached to an aromatic ring is 1. The summed E-state index contributed by atoms with van der Waals surface area (Å²) in [6.45, 7) is 3.48. The lowest BCUT2D eigenvalue weighted by atomic mass is 10.1. The Bertz CT molecular complexity index is 333. The predicted octanol–water partition coefficient (Wildman–Crippen LogP) is 1.98. The van der Waals surface area contributed by atoms with Crippen LogP contribution in [-0.4, -0.2) is 10.7 Å². The van der Waals surface area contributed by atoms with Gasteiger partial charge in [0.25, 0.3) is 0 Å². The predicted molar refractivity (Wildman–Crippen MR) is 53.4 cm³/mol. The van der Waals surface area contributed by atoms with E-state index in [-0.39, 0.29) is 5.71 Å². The first-order valence-electron chi connectivity index (χ1n) is 3.27. The molecule has 0 amide bonds. The lowest BCUT2D eigenvalue weighted by Gasteiger charge is -2.02. The van der Waals surface area contributed by atoms with Crippen LogP contribution in [0.3, 0.4) is 0 Å². The number of nitrogens with one attached hydrogen (secondary N) is 1. The molecule has 0 aliphatic carbocycles. The fourth-order valence-electron chi connectivity index (χ4n) is 0.776. The normalized spacial score (nSPS) is 9.42. The molecule has 0 radical (unpaired) electrons. The van der Waals surface area contributed by atoms with Crippen LogP contribution in [0.2, 0.25) is 0 Å². The summed E-state index contributed by atoms with van der Waals surface area (Å²) >= 11 is 3.24. The monoisotopic (exact) mass is 225 g/mol. The number of allylic oxidation sites excluding steroid dienone is 1. The van der Waals surface area contributed by atoms with E-state index in [9.17, 15) is 0 Å². The summed E-state index contributed by atoms with van der Waals surface area (Å²) in [5.74, 6) is 0.350. The van der Waals surface area contributed by atoms with Gasteiger partial charge in [0.15, 0.2) is 0 Å². The minimum Gasteiger partial charge on any atom is -0.383 e. The second kappa shape index (κ2) is 3.49. The number of nitrogens with two attached hydrogens (primary N) is 1. The van der Waals surface area contributed by atoms with Gasteiger partial charge in [-0.1, -0.05) is 6.58 Å². The zero-order valence-corrected chi connectivity index (χ0v) is 7.93. The van der Waals surface area contributed by atoms with Gasteiger partial charge in [-0.25, -0.2) is 4.98 Å². The molecule has 0 saturated carbocycles. The van der Waals surface area contributed by atoms with Gasteiger partial charge in [-0.05, 0) is 28.1 Å². The first kappa shape index (κ1) is 8.93. The number of anilines is 1. The third kappa shape index (κ3) is 1.71. The van der Waals surface area contributed by atoms with E-state index in [0.717, 1.165) is 4.47 Å². The van der Waals surface area contributed by atoms with Crippen molar-refractivity contribution in [2.75, 3.05) is 5.73 Å². The van der Waals surface area contributed by atoms with E-state index in [4.69, 9.17) is 11.1 Å². The molecule has 0 atom stereocenters. The van der Waals surface area contributed by atoms with E-state index in [0.29, 0.717) is 11.4 Å². The summed E-state index contributed by atoms with van der Waals surface area (Å²) in [7, 11) is 0. The van der Waals surface area contributed by atoms with Gasteiger partial charge in [0.1, 0.15) is 5.82 Å². The highest BCUT2D eigenvalue weighted by Crippen LogP contribution is 2.15. The van der Waals surface area contributed by atoms with E-state index in [2.05, 4.69) is 27.5 Å². The molecule has 3 nitrogen and oxygen atoms in total. The third-order valence-corrected chi connectivity index (χ3v) is 1.81. The zero-order chi connectivity index (χ0) is 9.14. The Labute approximate surface area is 78.9 Å². The summed E-state index contributed by atoms with van der Waals surface area (Å²) in [5, 5.41) is 7.46. The minimum atomic E-state index is 0.279. The van der Waals surface area contributed by atoms with Crippen molar-refractivity contribution in [3.05, 3.63) is 35.0 Å². The Morgan fingerprint density at radius 2 is 2.42 bits per heavy atom. The Balaban J connectivity index is 3.22. The van der Waals surface area contributed by atoms with E-state index in [1.807, 2.05) is 0 Å². The molecule has 62 valence electrons. The van der Waals surface area contributed by atoms with Crippen LogP contribution in [0.25, 0.3) is 0 Å². The molecular weight excluding hydrogens is 218 g/mol. The number of aromatic nitrogens is 1. The molecule has 0 aliphatic heterocycles. The summed E-state index contributed by atoms with van der Waals surface area (Å²) in [6.07, 6.45) is 3.02. The summed E-state index contributed by atoms with van der Waals surface area (Å²) in [5.41, 5.74) is 6.42. The van der Waals surface area contributed by atoms with Crippen LogP contribution < -0.4 is 5.73 Å². The van der Waals surface area contributed by atoms with Crippen LogP contribution >= 0.6 is 15.9 Å². The fraction of sp³-hybridized carbons (Fsp3) is 0. The van der Waals surface area contributed by atoms with E-state index < -0.39 is 0 Å². The van der Waals surface area contributed by atoms with Crippen LogP contribution in [0.15, 0.2) is 29.4 Å². The standard InChI is InChI=1S/C8H8BrN3/c1-2-7(10)6-3-5(9)4-12-8(6)11/h2-4,10H,1H2,(H2,11,12). The Kier molecular flexibility index (Phi) is 2.60. The smallest absolute Gasteiger partial charge is 0.132 e. The summed E-state index contributed by atoms with van der Waals surface area (Å²) < 4.78 is 0.804. The molecule has 12 heavy (non-hydrogen) atoms. The summed E-state index contributed by atoms with van der Waals surface area (Å²) in [4.78, 5) is 3.89. The van der Waals surface area contributed by atoms with Crippen molar-refractivity contribution in [2.45, 2.75) is 0 Å². The van der Waals surface area contributed by atoms with E-state index in [1.54, 1.807) is 12.3 Å². The second-order valence-electron chi connectivity index (χ2n) is 2.20. The molecule has 0 aliphatic rings. The van der Waals surface area contributed by atoms with Crippen molar-refractivity contribution in [2.24, 2.45) is 0 Å². The van der Waals surface area contributed by atoms with Gasteiger partial charge in [0.2, 0.25) is 0 Å². The Hall–Kier alpha value is -1.16. The quantitative estimate of drug-likeness (QED) is 0.757. The second-order valence-corrected chi connectivity index (χ2v) is 3.12. The molecule has 0 fully saturated rings. The van der Waals surface area contributed by atoms with Crippen molar-refractivity contribution < 1.29 is 0 Å². The molecule has 0 bridgehead atoms. The largest absolute Gasteiger partial charge is 0.383 e. The van der Waals surface area contributed by atoms with Gasteiger partial charge in [-0.15, -0.1) is 0 Å². The molecule has 0 aromatic carbocycles. The zero-order valence-electron chi connectivity index (χ0n) is 6.34. The number of halogens is 1. The van der Waals surface area contributed by atoms with Crippen molar-refractivity contribution in [3.63, 3.8) is 0 Å². The lowest BCUT2D eigenvalue weighted by molar-refractivity contribution is 1.30. The Morgan fingerprint density at radius 1 is 1.75 bits per heavy atom. The lowest BCUT2D eigenvalue weighted by Crippen LogP contribution is -2.02. The van der Waals surface area contributed by atoms with Gasteiger partial charge >= 0.3 is 0 Å². The van der Waals surface area contributed by atoms with E-state index >= 15 is 0 Å². The van der Waals surface area contributed by atoms with Gasteiger partial charge in [0.05, 0.1) is 5.71 Å². The highest BCUT2D eigenvalue weighted by atomic mass is 79.9. The van der Waals surface area contributed by atoms with Crippen LogP contribution in [0, 0.1) is 5.41 Å². The maximum Gasteiger partial charge on any atom is 0.132 e. The van der Waals surface area contributed by atoms with E-state index in [1.165, 1.54) is 6.08 Å². The number of nitrogens with zero attached hydrogens (tertiary/aromatic N) is 1. The van der Waals surface area contributed by atoms with Gasteiger partial charge < -0.3 is 11.1 Å². The number of hydrogen-bond donors (Lipinski definition) is 2. The number of rotatable bonds is 2. The average molecular weight is 226 g/mol. The average Bonchev–Trinajstić information content (AvgIpc) is 2.08. The Morgan fingerprint density at radius 3 is 3.00 bits per heavy atom. The third-order valence-electron chi connectivity index (χ3n) is 1.38. The highest BCUT2D eigenvalue weighted by Gasteiger charge is 2.03. The number of pyridine rings is 1. The van der Waals surface area contributed by atoms with Crippen LogP contribution in [-0.2, 0) is 0 Å². The topological polar surface area (TPSA) is 62.8 Å². The van der Waals surface area contributed by atoms with Crippen LogP contribution in [0.1, 0.15) is 5.56 Å².